The molecule has 0 spiro atoms. The van der Waals surface area contributed by atoms with Gasteiger partial charge in [-0.3, -0.25) is 20.4 Å². The van der Waals surface area contributed by atoms with Crippen LogP contribution in [0.2, 0.25) is 0 Å². The lowest BCUT2D eigenvalue weighted by Gasteiger charge is -2.12. The number of carbonyl (C=O) groups is 2. The van der Waals surface area contributed by atoms with Crippen LogP contribution in [0.3, 0.4) is 0 Å². The van der Waals surface area contributed by atoms with Gasteiger partial charge in [0, 0.05) is 12.8 Å². The van der Waals surface area contributed by atoms with Gasteiger partial charge in [-0.2, -0.15) is 0 Å². The number of rotatable bonds is 6. The van der Waals surface area contributed by atoms with E-state index in [4.69, 9.17) is 9.15 Å². The van der Waals surface area contributed by atoms with Crippen molar-refractivity contribution in [2.75, 3.05) is 6.61 Å². The summed E-state index contributed by atoms with van der Waals surface area (Å²) in [7, 11) is 0. The number of carbonyl (C=O) groups excluding carboxylic acids is 2. The summed E-state index contributed by atoms with van der Waals surface area (Å²) < 4.78 is 10.6. The van der Waals surface area contributed by atoms with Gasteiger partial charge in [-0.25, -0.2) is 0 Å². The minimum Gasteiger partial charge on any atom is -0.483 e. The van der Waals surface area contributed by atoms with Crippen LogP contribution in [0, 0.1) is 13.8 Å². The number of ether oxygens (including phenoxy) is 1. The Labute approximate surface area is 134 Å². The van der Waals surface area contributed by atoms with Crippen LogP contribution in [-0.4, -0.2) is 18.4 Å². The molecule has 1 aromatic carbocycles. The number of benzene rings is 1. The molecular weight excluding hydrogens is 296 g/mol. The van der Waals surface area contributed by atoms with Crippen molar-refractivity contribution < 1.29 is 18.7 Å². The van der Waals surface area contributed by atoms with E-state index in [1.165, 1.54) is 0 Å². The Morgan fingerprint density at radius 2 is 1.74 bits per heavy atom. The minimum absolute atomic E-state index is 0.163. The van der Waals surface area contributed by atoms with Gasteiger partial charge in [0.1, 0.15) is 11.5 Å². The number of hydrogen-bond acceptors (Lipinski definition) is 4. The Hall–Kier alpha value is -2.76. The highest BCUT2D eigenvalue weighted by atomic mass is 16.5. The fraction of sp³-hybridized carbons (Fsp3) is 0.294. The molecule has 2 aromatic rings. The Bertz CT molecular complexity index is 645. The first-order valence-electron chi connectivity index (χ1n) is 7.35. The zero-order chi connectivity index (χ0) is 16.7. The fourth-order valence-corrected chi connectivity index (χ4v) is 2.09. The fourth-order valence-electron chi connectivity index (χ4n) is 2.09. The molecule has 0 aliphatic carbocycles. The van der Waals surface area contributed by atoms with Gasteiger partial charge in [0.05, 0.1) is 6.26 Å². The summed E-state index contributed by atoms with van der Waals surface area (Å²) in [6, 6.07) is 9.31. The topological polar surface area (TPSA) is 80.6 Å². The Balaban J connectivity index is 1.69. The van der Waals surface area contributed by atoms with Gasteiger partial charge >= 0.3 is 0 Å². The maximum atomic E-state index is 11.7. The van der Waals surface area contributed by atoms with E-state index in [-0.39, 0.29) is 18.9 Å². The quantitative estimate of drug-likeness (QED) is 0.799. The molecule has 0 unspecified atom stereocenters. The standard InChI is InChI=1S/C17H20N2O4/c1-12-5-3-6-13(2)17(12)23-11-16(21)19-18-15(20)9-8-14-7-4-10-22-14/h3-7,10H,8-9,11H2,1-2H3,(H,18,20)(H,19,21). The molecule has 0 saturated heterocycles. The third-order valence-corrected chi connectivity index (χ3v) is 3.28. The molecule has 0 atom stereocenters. The number of hydrazine groups is 1. The first-order valence-corrected chi connectivity index (χ1v) is 7.35. The molecule has 2 N–H and O–H groups in total. The monoisotopic (exact) mass is 316 g/mol. The van der Waals surface area contributed by atoms with Gasteiger partial charge in [0.15, 0.2) is 6.61 Å². The summed E-state index contributed by atoms with van der Waals surface area (Å²) >= 11 is 0. The smallest absolute Gasteiger partial charge is 0.276 e. The van der Waals surface area contributed by atoms with Gasteiger partial charge < -0.3 is 9.15 Å². The second kappa shape index (κ2) is 8.03. The molecule has 1 aromatic heterocycles. The van der Waals surface area contributed by atoms with E-state index >= 15 is 0 Å². The Morgan fingerprint density at radius 3 is 2.39 bits per heavy atom. The Morgan fingerprint density at radius 1 is 1.04 bits per heavy atom. The van der Waals surface area contributed by atoms with Crippen molar-refractivity contribution in [3.8, 4) is 5.75 Å². The highest BCUT2D eigenvalue weighted by molar-refractivity contribution is 5.82. The van der Waals surface area contributed by atoms with Gasteiger partial charge in [-0.15, -0.1) is 0 Å². The van der Waals surface area contributed by atoms with Crippen molar-refractivity contribution >= 4 is 11.8 Å². The van der Waals surface area contributed by atoms with Crippen LogP contribution >= 0.6 is 0 Å². The van der Waals surface area contributed by atoms with E-state index in [2.05, 4.69) is 10.9 Å². The van der Waals surface area contributed by atoms with Gasteiger partial charge in [-0.05, 0) is 37.1 Å². The predicted molar refractivity (Wildman–Crippen MR) is 84.7 cm³/mol. The maximum Gasteiger partial charge on any atom is 0.276 e. The van der Waals surface area contributed by atoms with E-state index in [1.807, 2.05) is 32.0 Å². The third kappa shape index (κ3) is 5.18. The van der Waals surface area contributed by atoms with Gasteiger partial charge in [0.2, 0.25) is 5.91 Å². The van der Waals surface area contributed by atoms with Crippen LogP contribution in [0.15, 0.2) is 41.0 Å². The lowest BCUT2D eigenvalue weighted by Crippen LogP contribution is -2.43. The van der Waals surface area contributed by atoms with Crippen molar-refractivity contribution in [3.05, 3.63) is 53.5 Å². The molecule has 6 nitrogen and oxygen atoms in total. The van der Waals surface area contributed by atoms with E-state index in [9.17, 15) is 9.59 Å². The summed E-state index contributed by atoms with van der Waals surface area (Å²) in [6.45, 7) is 3.66. The van der Waals surface area contributed by atoms with Crippen molar-refractivity contribution in [2.24, 2.45) is 0 Å². The van der Waals surface area contributed by atoms with E-state index in [0.717, 1.165) is 16.9 Å². The number of aryl methyl sites for hydroxylation is 3. The molecule has 0 aliphatic heterocycles. The van der Waals surface area contributed by atoms with Crippen LogP contribution < -0.4 is 15.6 Å². The highest BCUT2D eigenvalue weighted by Gasteiger charge is 2.09. The van der Waals surface area contributed by atoms with Crippen molar-refractivity contribution in [1.82, 2.24) is 10.9 Å². The molecule has 0 saturated carbocycles. The Kier molecular flexibility index (Phi) is 5.80. The number of hydrogen-bond donors (Lipinski definition) is 2. The molecule has 2 rings (SSSR count). The molecule has 1 heterocycles. The number of furan rings is 1. The number of amides is 2. The van der Waals surface area contributed by atoms with E-state index < -0.39 is 5.91 Å². The molecule has 0 fully saturated rings. The van der Waals surface area contributed by atoms with Crippen molar-refractivity contribution in [1.29, 1.82) is 0 Å². The van der Waals surface area contributed by atoms with Crippen LogP contribution in [0.25, 0.3) is 0 Å². The minimum atomic E-state index is -0.418. The van der Waals surface area contributed by atoms with E-state index in [0.29, 0.717) is 12.2 Å². The summed E-state index contributed by atoms with van der Waals surface area (Å²) in [4.78, 5) is 23.3. The summed E-state index contributed by atoms with van der Waals surface area (Å²) in [5.41, 5.74) is 6.60. The molecule has 23 heavy (non-hydrogen) atoms. The number of para-hydroxylation sites is 1. The van der Waals surface area contributed by atoms with Crippen LogP contribution in [-0.2, 0) is 16.0 Å². The zero-order valence-electron chi connectivity index (χ0n) is 13.2. The highest BCUT2D eigenvalue weighted by Crippen LogP contribution is 2.21. The van der Waals surface area contributed by atoms with Crippen LogP contribution in [0.5, 0.6) is 5.75 Å². The van der Waals surface area contributed by atoms with Crippen molar-refractivity contribution in [3.63, 3.8) is 0 Å². The van der Waals surface area contributed by atoms with Crippen LogP contribution in [0.1, 0.15) is 23.3 Å². The summed E-state index contributed by atoms with van der Waals surface area (Å²) in [5, 5.41) is 0. The molecule has 2 amide bonds. The predicted octanol–water partition coefficient (Wildman–Crippen LogP) is 2.06. The maximum absolute atomic E-state index is 11.7. The number of nitrogens with one attached hydrogen (secondary N) is 2. The van der Waals surface area contributed by atoms with Crippen LogP contribution in [0.4, 0.5) is 0 Å². The molecule has 0 radical (unpaired) electrons. The average Bonchev–Trinajstić information content (AvgIpc) is 3.04. The molecule has 6 heteroatoms. The summed E-state index contributed by atoms with van der Waals surface area (Å²) in [6.07, 6.45) is 2.26. The zero-order valence-corrected chi connectivity index (χ0v) is 13.2. The lowest BCUT2D eigenvalue weighted by atomic mass is 10.1. The molecule has 122 valence electrons. The lowest BCUT2D eigenvalue weighted by molar-refractivity contribution is -0.130. The van der Waals surface area contributed by atoms with Crippen molar-refractivity contribution in [2.45, 2.75) is 26.7 Å². The van der Waals surface area contributed by atoms with Gasteiger partial charge in [0.25, 0.3) is 5.91 Å². The summed E-state index contributed by atoms with van der Waals surface area (Å²) in [5.74, 6) is 0.706. The molecular formula is C17H20N2O4. The second-order valence-electron chi connectivity index (χ2n) is 5.19. The first kappa shape index (κ1) is 16.6. The van der Waals surface area contributed by atoms with Gasteiger partial charge in [-0.1, -0.05) is 18.2 Å². The van der Waals surface area contributed by atoms with E-state index in [1.54, 1.807) is 18.4 Å². The third-order valence-electron chi connectivity index (χ3n) is 3.28. The average molecular weight is 316 g/mol. The molecule has 0 aliphatic rings. The largest absolute Gasteiger partial charge is 0.483 e. The molecule has 0 bridgehead atoms. The second-order valence-corrected chi connectivity index (χ2v) is 5.19. The SMILES string of the molecule is Cc1cccc(C)c1OCC(=O)NNC(=O)CCc1ccco1. The first-order chi connectivity index (χ1) is 11.1. The normalized spacial score (nSPS) is 10.2.